The van der Waals surface area contributed by atoms with E-state index >= 15 is 0 Å². The Morgan fingerprint density at radius 1 is 1.21 bits per heavy atom. The number of likely N-dealkylation sites (N-methyl/N-ethyl adjacent to an activating group) is 1. The lowest BCUT2D eigenvalue weighted by Gasteiger charge is -2.43. The summed E-state index contributed by atoms with van der Waals surface area (Å²) in [5, 5.41) is 5.80. The summed E-state index contributed by atoms with van der Waals surface area (Å²) in [7, 11) is 4.17. The molecule has 1 fully saturated rings. The first-order valence-corrected chi connectivity index (χ1v) is 8.72. The summed E-state index contributed by atoms with van der Waals surface area (Å²) in [6, 6.07) is 1.69. The van der Waals surface area contributed by atoms with Gasteiger partial charge in [0.2, 0.25) is 0 Å². The Morgan fingerprint density at radius 3 is 2.46 bits per heavy atom. The first-order valence-electron chi connectivity index (χ1n) is 8.72. The zero-order chi connectivity index (χ0) is 17.7. The lowest BCUT2D eigenvalue weighted by molar-refractivity contribution is 0.101. The van der Waals surface area contributed by atoms with Crippen LogP contribution < -0.4 is 16.2 Å². The van der Waals surface area contributed by atoms with Crippen molar-refractivity contribution in [2.75, 3.05) is 20.6 Å². The highest BCUT2D eigenvalue weighted by Crippen LogP contribution is 2.31. The van der Waals surface area contributed by atoms with Crippen LogP contribution in [0.2, 0.25) is 0 Å². The SMILES string of the molecule is Cc1cc(C)c(CNC(=O)NCC2(N(C)C)CCCCC2)c(=O)[nH]1. The molecule has 1 aliphatic carbocycles. The average Bonchev–Trinajstić information content (AvgIpc) is 2.52. The topological polar surface area (TPSA) is 77.2 Å². The molecule has 0 radical (unpaired) electrons. The van der Waals surface area contributed by atoms with Gasteiger partial charge >= 0.3 is 6.03 Å². The minimum absolute atomic E-state index is 0.0485. The minimum atomic E-state index is -0.221. The Labute approximate surface area is 144 Å². The number of aromatic nitrogens is 1. The van der Waals surface area contributed by atoms with Crippen LogP contribution in [-0.2, 0) is 6.54 Å². The van der Waals surface area contributed by atoms with Crippen LogP contribution in [0.4, 0.5) is 4.79 Å². The Bertz CT molecular complexity index is 630. The number of hydrogen-bond donors (Lipinski definition) is 3. The third kappa shape index (κ3) is 4.38. The van der Waals surface area contributed by atoms with E-state index in [-0.39, 0.29) is 23.7 Å². The maximum absolute atomic E-state index is 12.2. The van der Waals surface area contributed by atoms with Crippen LogP contribution in [-0.4, -0.2) is 42.1 Å². The number of pyridine rings is 1. The monoisotopic (exact) mass is 334 g/mol. The second kappa shape index (κ2) is 7.83. The lowest BCUT2D eigenvalue weighted by Crippen LogP contribution is -2.55. The maximum atomic E-state index is 12.2. The molecule has 0 aromatic carbocycles. The van der Waals surface area contributed by atoms with Crippen molar-refractivity contribution < 1.29 is 4.79 Å². The fraction of sp³-hybridized carbons (Fsp3) is 0.667. The number of amides is 2. The van der Waals surface area contributed by atoms with Crippen molar-refractivity contribution in [3.05, 3.63) is 33.2 Å². The number of carbonyl (C=O) groups is 1. The molecule has 2 rings (SSSR count). The summed E-state index contributed by atoms with van der Waals surface area (Å²) in [5.41, 5.74) is 2.25. The molecule has 24 heavy (non-hydrogen) atoms. The first-order chi connectivity index (χ1) is 11.3. The second-order valence-corrected chi connectivity index (χ2v) is 7.16. The van der Waals surface area contributed by atoms with E-state index in [0.717, 1.165) is 24.1 Å². The van der Waals surface area contributed by atoms with Crippen LogP contribution in [0, 0.1) is 13.8 Å². The highest BCUT2D eigenvalue weighted by atomic mass is 16.2. The van der Waals surface area contributed by atoms with Gasteiger partial charge in [0.1, 0.15) is 0 Å². The van der Waals surface area contributed by atoms with Crippen molar-refractivity contribution in [3.8, 4) is 0 Å². The van der Waals surface area contributed by atoms with Gasteiger partial charge in [0.15, 0.2) is 0 Å². The number of hydrogen-bond acceptors (Lipinski definition) is 3. The van der Waals surface area contributed by atoms with Crippen molar-refractivity contribution in [2.45, 2.75) is 58.0 Å². The molecule has 134 valence electrons. The number of aryl methyl sites for hydroxylation is 2. The molecule has 0 bridgehead atoms. The highest BCUT2D eigenvalue weighted by molar-refractivity contribution is 5.74. The van der Waals surface area contributed by atoms with E-state index in [2.05, 4.69) is 34.6 Å². The van der Waals surface area contributed by atoms with Gasteiger partial charge in [-0.05, 0) is 52.4 Å². The molecule has 1 aromatic rings. The molecular formula is C18H30N4O2. The third-order valence-corrected chi connectivity index (χ3v) is 5.23. The van der Waals surface area contributed by atoms with E-state index in [1.54, 1.807) is 0 Å². The Morgan fingerprint density at radius 2 is 1.88 bits per heavy atom. The predicted octanol–water partition coefficient (Wildman–Crippen LogP) is 2.06. The molecule has 3 N–H and O–H groups in total. The fourth-order valence-electron chi connectivity index (χ4n) is 3.57. The third-order valence-electron chi connectivity index (χ3n) is 5.23. The molecule has 0 atom stereocenters. The van der Waals surface area contributed by atoms with Gasteiger partial charge in [-0.1, -0.05) is 19.3 Å². The molecule has 1 aliphatic rings. The summed E-state index contributed by atoms with van der Waals surface area (Å²) in [6.45, 7) is 4.61. The average molecular weight is 334 g/mol. The van der Waals surface area contributed by atoms with Crippen molar-refractivity contribution >= 4 is 6.03 Å². The fourth-order valence-corrected chi connectivity index (χ4v) is 3.57. The number of nitrogens with zero attached hydrogens (tertiary/aromatic N) is 1. The Balaban J connectivity index is 1.91. The van der Waals surface area contributed by atoms with Gasteiger partial charge in [-0.15, -0.1) is 0 Å². The lowest BCUT2D eigenvalue weighted by atomic mass is 9.80. The molecule has 2 amide bonds. The quantitative estimate of drug-likeness (QED) is 0.771. The summed E-state index contributed by atoms with van der Waals surface area (Å²) in [6.07, 6.45) is 5.91. The molecule has 1 saturated carbocycles. The van der Waals surface area contributed by atoms with Crippen LogP contribution in [0.5, 0.6) is 0 Å². The summed E-state index contributed by atoms with van der Waals surface area (Å²) >= 11 is 0. The van der Waals surface area contributed by atoms with Crippen LogP contribution in [0.15, 0.2) is 10.9 Å². The summed E-state index contributed by atoms with van der Waals surface area (Å²) < 4.78 is 0. The molecule has 1 heterocycles. The van der Waals surface area contributed by atoms with Gasteiger partial charge in [0.05, 0.1) is 6.54 Å². The number of carbonyl (C=O) groups excluding carboxylic acids is 1. The predicted molar refractivity (Wildman–Crippen MR) is 96.3 cm³/mol. The van der Waals surface area contributed by atoms with Crippen molar-refractivity contribution in [3.63, 3.8) is 0 Å². The number of aromatic amines is 1. The van der Waals surface area contributed by atoms with E-state index in [9.17, 15) is 9.59 Å². The van der Waals surface area contributed by atoms with E-state index in [1.807, 2.05) is 19.9 Å². The van der Waals surface area contributed by atoms with Crippen LogP contribution >= 0.6 is 0 Å². The first kappa shape index (κ1) is 18.5. The standard InChI is InChI=1S/C18H30N4O2/c1-13-10-14(2)21-16(23)15(13)11-19-17(24)20-12-18(22(3)4)8-6-5-7-9-18/h10H,5-9,11-12H2,1-4H3,(H,21,23)(H2,19,20,24). The molecular weight excluding hydrogens is 304 g/mol. The van der Waals surface area contributed by atoms with Gasteiger partial charge < -0.3 is 20.5 Å². The van der Waals surface area contributed by atoms with Crippen LogP contribution in [0.1, 0.15) is 48.9 Å². The van der Waals surface area contributed by atoms with Gasteiger partial charge in [0.25, 0.3) is 5.56 Å². The largest absolute Gasteiger partial charge is 0.336 e. The van der Waals surface area contributed by atoms with E-state index in [4.69, 9.17) is 0 Å². The second-order valence-electron chi connectivity index (χ2n) is 7.16. The number of urea groups is 1. The molecule has 1 aromatic heterocycles. The zero-order valence-corrected chi connectivity index (χ0v) is 15.3. The molecule has 0 saturated heterocycles. The molecule has 0 aliphatic heterocycles. The molecule has 0 unspecified atom stereocenters. The van der Waals surface area contributed by atoms with Gasteiger partial charge in [-0.3, -0.25) is 4.79 Å². The summed E-state index contributed by atoms with van der Waals surface area (Å²) in [4.78, 5) is 29.2. The number of H-pyrrole nitrogens is 1. The minimum Gasteiger partial charge on any atom is -0.336 e. The van der Waals surface area contributed by atoms with Crippen molar-refractivity contribution in [2.24, 2.45) is 0 Å². The van der Waals surface area contributed by atoms with Gasteiger partial charge in [0, 0.05) is 23.3 Å². The van der Waals surface area contributed by atoms with Gasteiger partial charge in [-0.25, -0.2) is 4.79 Å². The van der Waals surface area contributed by atoms with Crippen LogP contribution in [0.25, 0.3) is 0 Å². The summed E-state index contributed by atoms with van der Waals surface area (Å²) in [5.74, 6) is 0. The number of rotatable bonds is 5. The van der Waals surface area contributed by atoms with E-state index < -0.39 is 0 Å². The zero-order valence-electron chi connectivity index (χ0n) is 15.3. The van der Waals surface area contributed by atoms with E-state index in [1.165, 1.54) is 19.3 Å². The Kier molecular flexibility index (Phi) is 6.04. The van der Waals surface area contributed by atoms with E-state index in [0.29, 0.717) is 12.1 Å². The molecule has 0 spiro atoms. The smallest absolute Gasteiger partial charge is 0.315 e. The van der Waals surface area contributed by atoms with Crippen molar-refractivity contribution in [1.82, 2.24) is 20.5 Å². The van der Waals surface area contributed by atoms with Gasteiger partial charge in [-0.2, -0.15) is 0 Å². The molecule has 6 nitrogen and oxygen atoms in total. The van der Waals surface area contributed by atoms with Crippen molar-refractivity contribution in [1.29, 1.82) is 0 Å². The Hall–Kier alpha value is -1.82. The normalized spacial score (nSPS) is 16.9. The number of nitrogens with one attached hydrogen (secondary N) is 3. The maximum Gasteiger partial charge on any atom is 0.315 e. The highest BCUT2D eigenvalue weighted by Gasteiger charge is 2.34. The van der Waals surface area contributed by atoms with Crippen LogP contribution in [0.3, 0.4) is 0 Å². The molecule has 6 heteroatoms.